The Kier molecular flexibility index (Phi) is 9.10. The monoisotopic (exact) mass is 444 g/mol. The van der Waals surface area contributed by atoms with Crippen LogP contribution in [-0.2, 0) is 0 Å². The smallest absolute Gasteiger partial charge is 0.251 e. The van der Waals surface area contributed by atoms with Gasteiger partial charge in [-0.05, 0) is 36.8 Å². The molecule has 3 N–H and O–H groups in total. The van der Waals surface area contributed by atoms with Gasteiger partial charge in [-0.1, -0.05) is 31.5 Å². The molecule has 5 nitrogen and oxygen atoms in total. The van der Waals surface area contributed by atoms with E-state index in [-0.39, 0.29) is 29.9 Å². The van der Waals surface area contributed by atoms with Gasteiger partial charge in [-0.2, -0.15) is 0 Å². The molecule has 0 radical (unpaired) electrons. The van der Waals surface area contributed by atoms with Gasteiger partial charge in [0.1, 0.15) is 0 Å². The molecule has 24 heavy (non-hydrogen) atoms. The van der Waals surface area contributed by atoms with Crippen molar-refractivity contribution in [3.05, 3.63) is 35.9 Å². The van der Waals surface area contributed by atoms with Crippen molar-refractivity contribution < 1.29 is 4.79 Å². The Balaban J connectivity index is 0.00000288. The number of nitrogens with one attached hydrogen (secondary N) is 3. The molecule has 0 atom stereocenters. The highest BCUT2D eigenvalue weighted by Crippen LogP contribution is 2.42. The van der Waals surface area contributed by atoms with Crippen LogP contribution in [0.3, 0.4) is 0 Å². The Morgan fingerprint density at radius 2 is 1.79 bits per heavy atom. The molecular formula is C18H29IN4O. The summed E-state index contributed by atoms with van der Waals surface area (Å²) >= 11 is 0. The molecule has 6 heteroatoms. The fraction of sp³-hybridized carbons (Fsp3) is 0.556. The standard InChI is InChI=1S/C18H28N4O.HI/c1-3-18(10-7-11-18)14-22-17(19-2)21-13-12-20-16(23)15-8-5-4-6-9-15;/h4-6,8-9H,3,7,10-14H2,1-2H3,(H,20,23)(H2,19,21,22);1H. The lowest BCUT2D eigenvalue weighted by molar-refractivity contribution is 0.0954. The second-order valence-electron chi connectivity index (χ2n) is 6.18. The number of carbonyl (C=O) groups excluding carboxylic acids is 1. The van der Waals surface area contributed by atoms with Crippen LogP contribution in [-0.4, -0.2) is 38.5 Å². The van der Waals surface area contributed by atoms with Crippen LogP contribution in [0.1, 0.15) is 43.0 Å². The normalized spacial score (nSPS) is 15.7. The van der Waals surface area contributed by atoms with Gasteiger partial charge in [0, 0.05) is 32.2 Å². The van der Waals surface area contributed by atoms with E-state index in [1.165, 1.54) is 25.7 Å². The summed E-state index contributed by atoms with van der Waals surface area (Å²) in [6, 6.07) is 9.25. The predicted molar refractivity (Wildman–Crippen MR) is 110 cm³/mol. The van der Waals surface area contributed by atoms with Crippen LogP contribution >= 0.6 is 24.0 Å². The summed E-state index contributed by atoms with van der Waals surface area (Å²) in [5.41, 5.74) is 1.14. The van der Waals surface area contributed by atoms with Gasteiger partial charge < -0.3 is 16.0 Å². The van der Waals surface area contributed by atoms with Gasteiger partial charge in [-0.3, -0.25) is 9.79 Å². The summed E-state index contributed by atoms with van der Waals surface area (Å²) in [4.78, 5) is 16.2. The van der Waals surface area contributed by atoms with Crippen LogP contribution < -0.4 is 16.0 Å². The largest absolute Gasteiger partial charge is 0.356 e. The summed E-state index contributed by atoms with van der Waals surface area (Å²) in [7, 11) is 1.78. The van der Waals surface area contributed by atoms with E-state index < -0.39 is 0 Å². The number of halogens is 1. The summed E-state index contributed by atoms with van der Waals surface area (Å²) < 4.78 is 0. The highest BCUT2D eigenvalue weighted by Gasteiger charge is 2.34. The van der Waals surface area contributed by atoms with Crippen LogP contribution in [0.25, 0.3) is 0 Å². The van der Waals surface area contributed by atoms with Gasteiger partial charge in [0.05, 0.1) is 0 Å². The van der Waals surface area contributed by atoms with Crippen molar-refractivity contribution in [1.82, 2.24) is 16.0 Å². The number of aliphatic imine (C=N–C) groups is 1. The average Bonchev–Trinajstić information content (AvgIpc) is 2.56. The van der Waals surface area contributed by atoms with E-state index in [0.717, 1.165) is 12.5 Å². The third-order valence-corrected chi connectivity index (χ3v) is 4.76. The van der Waals surface area contributed by atoms with E-state index in [9.17, 15) is 4.79 Å². The van der Waals surface area contributed by atoms with Gasteiger partial charge in [0.25, 0.3) is 5.91 Å². The third kappa shape index (κ3) is 5.96. The molecule has 1 aliphatic carbocycles. The highest BCUT2D eigenvalue weighted by molar-refractivity contribution is 14.0. The zero-order valence-electron chi connectivity index (χ0n) is 14.6. The van der Waals surface area contributed by atoms with Crippen LogP contribution in [0.15, 0.2) is 35.3 Å². The van der Waals surface area contributed by atoms with Gasteiger partial charge in [0.15, 0.2) is 5.96 Å². The first-order valence-electron chi connectivity index (χ1n) is 8.47. The summed E-state index contributed by atoms with van der Waals surface area (Å²) in [6.45, 7) is 4.44. The van der Waals surface area contributed by atoms with E-state index >= 15 is 0 Å². The Morgan fingerprint density at radius 3 is 2.33 bits per heavy atom. The molecule has 0 heterocycles. The van der Waals surface area contributed by atoms with Gasteiger partial charge in [0.2, 0.25) is 0 Å². The minimum atomic E-state index is -0.0465. The maximum atomic E-state index is 11.9. The van der Waals surface area contributed by atoms with E-state index in [2.05, 4.69) is 27.9 Å². The van der Waals surface area contributed by atoms with Crippen LogP contribution in [0.5, 0.6) is 0 Å². The number of nitrogens with zero attached hydrogens (tertiary/aromatic N) is 1. The zero-order chi connectivity index (χ0) is 16.5. The first-order valence-corrected chi connectivity index (χ1v) is 8.47. The second kappa shape index (κ2) is 10.5. The van der Waals surface area contributed by atoms with Crippen LogP contribution in [0, 0.1) is 5.41 Å². The molecular weight excluding hydrogens is 415 g/mol. The molecule has 1 amide bonds. The highest BCUT2D eigenvalue weighted by atomic mass is 127. The number of benzene rings is 1. The van der Waals surface area contributed by atoms with Crippen LogP contribution in [0.4, 0.5) is 0 Å². The molecule has 1 aromatic carbocycles. The Hall–Kier alpha value is -1.31. The van der Waals surface area contributed by atoms with E-state index in [0.29, 0.717) is 24.1 Å². The number of guanidine groups is 1. The minimum Gasteiger partial charge on any atom is -0.356 e. The number of hydrogen-bond donors (Lipinski definition) is 3. The topological polar surface area (TPSA) is 65.5 Å². The molecule has 0 aliphatic heterocycles. The Bertz CT molecular complexity index is 524. The van der Waals surface area contributed by atoms with E-state index in [1.54, 1.807) is 7.05 Å². The first-order chi connectivity index (χ1) is 11.2. The van der Waals surface area contributed by atoms with Crippen molar-refractivity contribution in [2.24, 2.45) is 10.4 Å². The fourth-order valence-corrected chi connectivity index (χ4v) is 2.87. The average molecular weight is 444 g/mol. The molecule has 0 aromatic heterocycles. The maximum absolute atomic E-state index is 11.9. The summed E-state index contributed by atoms with van der Waals surface area (Å²) in [5, 5.41) is 9.55. The number of rotatable bonds is 7. The fourth-order valence-electron chi connectivity index (χ4n) is 2.87. The zero-order valence-corrected chi connectivity index (χ0v) is 16.9. The lowest BCUT2D eigenvalue weighted by Gasteiger charge is -2.41. The molecule has 0 spiro atoms. The molecule has 1 saturated carbocycles. The SMILES string of the molecule is CCC1(CNC(=NC)NCCNC(=O)c2ccccc2)CCC1.I. The van der Waals surface area contributed by atoms with E-state index in [4.69, 9.17) is 0 Å². The van der Waals surface area contributed by atoms with Crippen molar-refractivity contribution in [3.63, 3.8) is 0 Å². The lowest BCUT2D eigenvalue weighted by atomic mass is 9.67. The Morgan fingerprint density at radius 1 is 1.12 bits per heavy atom. The predicted octanol–water partition coefficient (Wildman–Crippen LogP) is 2.78. The van der Waals surface area contributed by atoms with Crippen molar-refractivity contribution in [2.75, 3.05) is 26.7 Å². The molecule has 0 bridgehead atoms. The van der Waals surface area contributed by atoms with Gasteiger partial charge in [-0.15, -0.1) is 24.0 Å². The number of amides is 1. The molecule has 1 aromatic rings. The minimum absolute atomic E-state index is 0. The molecule has 0 saturated heterocycles. The van der Waals surface area contributed by atoms with Crippen molar-refractivity contribution in [2.45, 2.75) is 32.6 Å². The quantitative estimate of drug-likeness (QED) is 0.262. The summed E-state index contributed by atoms with van der Waals surface area (Å²) in [6.07, 6.45) is 5.17. The van der Waals surface area contributed by atoms with Crippen molar-refractivity contribution >= 4 is 35.8 Å². The molecule has 1 aliphatic rings. The second-order valence-corrected chi connectivity index (χ2v) is 6.18. The third-order valence-electron chi connectivity index (χ3n) is 4.76. The van der Waals surface area contributed by atoms with Gasteiger partial charge in [-0.25, -0.2) is 0 Å². The number of carbonyl (C=O) groups is 1. The Labute approximate surface area is 162 Å². The molecule has 0 unspecified atom stereocenters. The summed E-state index contributed by atoms with van der Waals surface area (Å²) in [5.74, 6) is 0.758. The van der Waals surface area contributed by atoms with Gasteiger partial charge >= 0.3 is 0 Å². The maximum Gasteiger partial charge on any atom is 0.251 e. The number of hydrogen-bond acceptors (Lipinski definition) is 2. The van der Waals surface area contributed by atoms with Crippen molar-refractivity contribution in [3.8, 4) is 0 Å². The first kappa shape index (κ1) is 20.7. The van der Waals surface area contributed by atoms with Crippen molar-refractivity contribution in [1.29, 1.82) is 0 Å². The molecule has 2 rings (SSSR count). The van der Waals surface area contributed by atoms with E-state index in [1.807, 2.05) is 30.3 Å². The molecule has 134 valence electrons. The molecule has 1 fully saturated rings. The lowest BCUT2D eigenvalue weighted by Crippen LogP contribution is -2.47. The van der Waals surface area contributed by atoms with Crippen LogP contribution in [0.2, 0.25) is 0 Å².